The molecule has 0 aliphatic heterocycles. The highest BCUT2D eigenvalue weighted by Gasteiger charge is 2.15. The van der Waals surface area contributed by atoms with Crippen molar-refractivity contribution in [3.8, 4) is 5.75 Å². The molecule has 2 N–H and O–H groups in total. The third kappa shape index (κ3) is 4.17. The zero-order valence-electron chi connectivity index (χ0n) is 13.0. The van der Waals surface area contributed by atoms with Gasteiger partial charge >= 0.3 is 0 Å². The number of thiocarbonyl (C=S) groups is 1. The van der Waals surface area contributed by atoms with Gasteiger partial charge in [0, 0.05) is 6.07 Å². The Bertz CT molecular complexity index is 762. The SMILES string of the molecule is COc1ccc(C)cc1NC(=S)Nc1ccc(C)cc1[N+](=O)[O-]. The van der Waals surface area contributed by atoms with Crippen molar-refractivity contribution in [3.05, 3.63) is 57.6 Å². The van der Waals surface area contributed by atoms with E-state index in [0.29, 0.717) is 17.1 Å². The van der Waals surface area contributed by atoms with Crippen LogP contribution in [0.1, 0.15) is 11.1 Å². The predicted molar refractivity (Wildman–Crippen MR) is 95.4 cm³/mol. The molecule has 6 nitrogen and oxygen atoms in total. The van der Waals surface area contributed by atoms with E-state index in [-0.39, 0.29) is 10.8 Å². The number of nitro groups is 1. The van der Waals surface area contributed by atoms with Crippen LogP contribution in [-0.2, 0) is 0 Å². The standard InChI is InChI=1S/C16H17N3O3S/c1-10-5-7-15(22-3)13(8-10)18-16(23)17-12-6-4-11(2)9-14(12)19(20)21/h4-9H,1-3H3,(H2,17,18,23). The van der Waals surface area contributed by atoms with E-state index < -0.39 is 4.92 Å². The van der Waals surface area contributed by atoms with E-state index in [1.807, 2.05) is 25.1 Å². The quantitative estimate of drug-likeness (QED) is 0.500. The van der Waals surface area contributed by atoms with Gasteiger partial charge in [-0.1, -0.05) is 12.1 Å². The lowest BCUT2D eigenvalue weighted by molar-refractivity contribution is -0.383. The Morgan fingerprint density at radius 2 is 1.70 bits per heavy atom. The molecule has 0 spiro atoms. The number of nitrogens with one attached hydrogen (secondary N) is 2. The summed E-state index contributed by atoms with van der Waals surface area (Å²) in [4.78, 5) is 10.7. The Kier molecular flexibility index (Phi) is 5.13. The minimum Gasteiger partial charge on any atom is -0.495 e. The Balaban J connectivity index is 2.21. The molecule has 0 radical (unpaired) electrons. The molecule has 0 unspecified atom stereocenters. The first-order valence-electron chi connectivity index (χ1n) is 6.88. The fourth-order valence-corrected chi connectivity index (χ4v) is 2.31. The van der Waals surface area contributed by atoms with E-state index in [2.05, 4.69) is 10.6 Å². The second kappa shape index (κ2) is 7.06. The largest absolute Gasteiger partial charge is 0.495 e. The van der Waals surface area contributed by atoms with Crippen LogP contribution in [0.4, 0.5) is 17.1 Å². The molecule has 2 rings (SSSR count). The Morgan fingerprint density at radius 1 is 1.09 bits per heavy atom. The first-order valence-corrected chi connectivity index (χ1v) is 7.29. The number of rotatable bonds is 4. The van der Waals surface area contributed by atoms with E-state index in [4.69, 9.17) is 17.0 Å². The normalized spacial score (nSPS) is 10.0. The molecule has 0 saturated heterocycles. The fraction of sp³-hybridized carbons (Fsp3) is 0.188. The van der Waals surface area contributed by atoms with Crippen LogP contribution >= 0.6 is 12.2 Å². The fourth-order valence-electron chi connectivity index (χ4n) is 2.09. The molecular formula is C16H17N3O3S. The van der Waals surface area contributed by atoms with Crippen LogP contribution in [0.15, 0.2) is 36.4 Å². The monoisotopic (exact) mass is 331 g/mol. The lowest BCUT2D eigenvalue weighted by Gasteiger charge is -2.14. The molecular weight excluding hydrogens is 314 g/mol. The lowest BCUT2D eigenvalue weighted by atomic mass is 10.2. The second-order valence-electron chi connectivity index (χ2n) is 5.06. The van der Waals surface area contributed by atoms with E-state index >= 15 is 0 Å². The van der Waals surface area contributed by atoms with Crippen molar-refractivity contribution in [1.82, 2.24) is 0 Å². The summed E-state index contributed by atoms with van der Waals surface area (Å²) in [6.45, 7) is 3.75. The van der Waals surface area contributed by atoms with Crippen LogP contribution in [0.25, 0.3) is 0 Å². The van der Waals surface area contributed by atoms with Crippen molar-refractivity contribution >= 4 is 34.4 Å². The number of anilines is 2. The molecule has 0 saturated carbocycles. The van der Waals surface area contributed by atoms with Gasteiger partial charge in [0.15, 0.2) is 5.11 Å². The Morgan fingerprint density at radius 3 is 2.35 bits per heavy atom. The molecule has 2 aromatic carbocycles. The molecule has 0 aliphatic carbocycles. The van der Waals surface area contributed by atoms with Gasteiger partial charge in [0.1, 0.15) is 11.4 Å². The third-order valence-electron chi connectivity index (χ3n) is 3.20. The highest BCUT2D eigenvalue weighted by Crippen LogP contribution is 2.27. The molecule has 0 amide bonds. The zero-order valence-corrected chi connectivity index (χ0v) is 13.9. The molecule has 7 heteroatoms. The van der Waals surface area contributed by atoms with Crippen LogP contribution in [-0.4, -0.2) is 17.1 Å². The average molecular weight is 331 g/mol. The van der Waals surface area contributed by atoms with E-state index in [0.717, 1.165) is 11.1 Å². The first kappa shape index (κ1) is 16.7. The minimum absolute atomic E-state index is 0.0228. The maximum Gasteiger partial charge on any atom is 0.292 e. The van der Waals surface area contributed by atoms with Crippen molar-refractivity contribution in [3.63, 3.8) is 0 Å². The number of ether oxygens (including phenoxy) is 1. The number of hydrogen-bond acceptors (Lipinski definition) is 4. The summed E-state index contributed by atoms with van der Waals surface area (Å²) in [7, 11) is 1.57. The summed E-state index contributed by atoms with van der Waals surface area (Å²) in [5.41, 5.74) is 2.86. The molecule has 0 atom stereocenters. The minimum atomic E-state index is -0.439. The van der Waals surface area contributed by atoms with Crippen LogP contribution < -0.4 is 15.4 Å². The van der Waals surface area contributed by atoms with Crippen molar-refractivity contribution in [2.24, 2.45) is 0 Å². The highest BCUT2D eigenvalue weighted by atomic mass is 32.1. The zero-order chi connectivity index (χ0) is 17.0. The van der Waals surface area contributed by atoms with Crippen LogP contribution in [0.5, 0.6) is 5.75 Å². The van der Waals surface area contributed by atoms with Crippen molar-refractivity contribution in [1.29, 1.82) is 0 Å². The molecule has 0 bridgehead atoms. The maximum atomic E-state index is 11.1. The predicted octanol–water partition coefficient (Wildman–Crippen LogP) is 4.03. The summed E-state index contributed by atoms with van der Waals surface area (Å²) < 4.78 is 5.27. The van der Waals surface area contributed by atoms with Gasteiger partial charge in [0.25, 0.3) is 5.69 Å². The topological polar surface area (TPSA) is 76.4 Å². The molecule has 0 heterocycles. The smallest absolute Gasteiger partial charge is 0.292 e. The molecule has 2 aromatic rings. The lowest BCUT2D eigenvalue weighted by Crippen LogP contribution is -2.20. The van der Waals surface area contributed by atoms with Crippen molar-refractivity contribution < 1.29 is 9.66 Å². The molecule has 0 aliphatic rings. The first-order chi connectivity index (χ1) is 10.9. The summed E-state index contributed by atoms with van der Waals surface area (Å²) in [5.74, 6) is 0.637. The van der Waals surface area contributed by atoms with Crippen molar-refractivity contribution in [2.45, 2.75) is 13.8 Å². The van der Waals surface area contributed by atoms with Gasteiger partial charge in [0.05, 0.1) is 17.7 Å². The summed E-state index contributed by atoms with van der Waals surface area (Å²) in [6.07, 6.45) is 0. The number of nitro benzene ring substituents is 1. The Hall–Kier alpha value is -2.67. The summed E-state index contributed by atoms with van der Waals surface area (Å²) in [5, 5.41) is 17.3. The van der Waals surface area contributed by atoms with Gasteiger partial charge in [-0.15, -0.1) is 0 Å². The highest BCUT2D eigenvalue weighted by molar-refractivity contribution is 7.80. The van der Waals surface area contributed by atoms with Gasteiger partial charge in [-0.05, 0) is 55.4 Å². The maximum absolute atomic E-state index is 11.1. The molecule has 120 valence electrons. The van der Waals surface area contributed by atoms with E-state index in [9.17, 15) is 10.1 Å². The van der Waals surface area contributed by atoms with Gasteiger partial charge in [-0.3, -0.25) is 10.1 Å². The van der Waals surface area contributed by atoms with Crippen molar-refractivity contribution in [2.75, 3.05) is 17.7 Å². The second-order valence-corrected chi connectivity index (χ2v) is 5.47. The van der Waals surface area contributed by atoms with Crippen LogP contribution in [0, 0.1) is 24.0 Å². The molecule has 0 aromatic heterocycles. The van der Waals surface area contributed by atoms with Gasteiger partial charge in [-0.2, -0.15) is 0 Å². The van der Waals surface area contributed by atoms with Crippen LogP contribution in [0.2, 0.25) is 0 Å². The summed E-state index contributed by atoms with van der Waals surface area (Å²) in [6, 6.07) is 10.6. The number of nitrogens with zero attached hydrogens (tertiary/aromatic N) is 1. The van der Waals surface area contributed by atoms with Gasteiger partial charge in [0.2, 0.25) is 0 Å². The molecule has 0 fully saturated rings. The van der Waals surface area contributed by atoms with Crippen LogP contribution in [0.3, 0.4) is 0 Å². The van der Waals surface area contributed by atoms with E-state index in [1.165, 1.54) is 6.07 Å². The average Bonchev–Trinajstić information content (AvgIpc) is 2.49. The summed E-state index contributed by atoms with van der Waals surface area (Å²) >= 11 is 5.25. The third-order valence-corrected chi connectivity index (χ3v) is 3.41. The number of benzene rings is 2. The Labute approximate surface area is 139 Å². The number of hydrogen-bond donors (Lipinski definition) is 2. The van der Waals surface area contributed by atoms with Gasteiger partial charge in [-0.25, -0.2) is 0 Å². The number of methoxy groups -OCH3 is 1. The number of aryl methyl sites for hydroxylation is 2. The van der Waals surface area contributed by atoms with Gasteiger partial charge < -0.3 is 15.4 Å². The molecule has 23 heavy (non-hydrogen) atoms. The van der Waals surface area contributed by atoms with E-state index in [1.54, 1.807) is 26.2 Å².